The first-order chi connectivity index (χ1) is 14.7. The number of halogens is 2. The van der Waals surface area contributed by atoms with Gasteiger partial charge in [-0.05, 0) is 51.5 Å². The zero-order valence-corrected chi connectivity index (χ0v) is 18.6. The van der Waals surface area contributed by atoms with Gasteiger partial charge in [0.25, 0.3) is 0 Å². The first-order valence-corrected chi connectivity index (χ1v) is 10.7. The zero-order chi connectivity index (χ0) is 22.5. The molecule has 0 aliphatic rings. The van der Waals surface area contributed by atoms with E-state index in [4.69, 9.17) is 4.74 Å². The van der Waals surface area contributed by atoms with E-state index in [1.165, 1.54) is 17.8 Å². The van der Waals surface area contributed by atoms with Crippen LogP contribution >= 0.6 is 11.8 Å². The normalized spacial score (nSPS) is 11.1. The number of thioether (sulfide) groups is 1. The van der Waals surface area contributed by atoms with Crippen LogP contribution in [-0.4, -0.2) is 26.4 Å². The number of rotatable bonds is 8. The average Bonchev–Trinajstić information content (AvgIpc) is 3.11. The second kappa shape index (κ2) is 9.91. The minimum atomic E-state index is -0.825. The number of hydrogen-bond acceptors (Lipinski definition) is 5. The summed E-state index contributed by atoms with van der Waals surface area (Å²) in [5, 5.41) is 11.4. The van der Waals surface area contributed by atoms with Gasteiger partial charge in [0.15, 0.2) is 11.0 Å². The summed E-state index contributed by atoms with van der Waals surface area (Å²) in [6, 6.07) is 9.00. The predicted molar refractivity (Wildman–Crippen MR) is 116 cm³/mol. The SMILES string of the molecule is Cc1ccc(OCc2nnc(SCC(=O)Nc3ccc(F)cc3F)n2C(C)C)c(C)c1. The van der Waals surface area contributed by atoms with Crippen molar-refractivity contribution in [3.8, 4) is 5.75 Å². The molecule has 9 heteroatoms. The largest absolute Gasteiger partial charge is 0.485 e. The van der Waals surface area contributed by atoms with Crippen LogP contribution in [0, 0.1) is 25.5 Å². The molecule has 0 unspecified atom stereocenters. The molecule has 3 rings (SSSR count). The lowest BCUT2D eigenvalue weighted by Gasteiger charge is -2.15. The molecule has 1 aromatic heterocycles. The van der Waals surface area contributed by atoms with Gasteiger partial charge in [0.2, 0.25) is 5.91 Å². The molecule has 31 heavy (non-hydrogen) atoms. The number of aromatic nitrogens is 3. The highest BCUT2D eigenvalue weighted by Gasteiger charge is 2.18. The van der Waals surface area contributed by atoms with Gasteiger partial charge in [0.05, 0.1) is 11.4 Å². The summed E-state index contributed by atoms with van der Waals surface area (Å²) in [7, 11) is 0. The van der Waals surface area contributed by atoms with Crippen LogP contribution < -0.4 is 10.1 Å². The van der Waals surface area contributed by atoms with Crippen LogP contribution in [0.2, 0.25) is 0 Å². The fourth-order valence-electron chi connectivity index (χ4n) is 3.03. The predicted octanol–water partition coefficient (Wildman–Crippen LogP) is 5.06. The quantitative estimate of drug-likeness (QED) is 0.490. The molecule has 1 amide bonds. The minimum absolute atomic E-state index is 0.000400. The second-order valence-electron chi connectivity index (χ2n) is 7.38. The summed E-state index contributed by atoms with van der Waals surface area (Å²) in [6.45, 7) is 8.22. The number of carbonyl (C=O) groups is 1. The molecule has 164 valence electrons. The van der Waals surface area contributed by atoms with E-state index in [2.05, 4.69) is 15.5 Å². The molecule has 0 fully saturated rings. The Kier molecular flexibility index (Phi) is 7.27. The van der Waals surface area contributed by atoms with Crippen molar-refractivity contribution in [1.82, 2.24) is 14.8 Å². The maximum Gasteiger partial charge on any atom is 0.234 e. The first-order valence-electron chi connectivity index (χ1n) is 9.76. The summed E-state index contributed by atoms with van der Waals surface area (Å²) in [6.07, 6.45) is 0. The van der Waals surface area contributed by atoms with E-state index >= 15 is 0 Å². The Morgan fingerprint density at radius 3 is 2.61 bits per heavy atom. The molecule has 0 saturated heterocycles. The van der Waals surface area contributed by atoms with Crippen molar-refractivity contribution in [1.29, 1.82) is 0 Å². The smallest absolute Gasteiger partial charge is 0.234 e. The van der Waals surface area contributed by atoms with Crippen molar-refractivity contribution in [3.63, 3.8) is 0 Å². The topological polar surface area (TPSA) is 69.0 Å². The van der Waals surface area contributed by atoms with E-state index in [9.17, 15) is 13.6 Å². The highest BCUT2D eigenvalue weighted by atomic mass is 32.2. The molecule has 0 saturated carbocycles. The number of anilines is 1. The fraction of sp³-hybridized carbons (Fsp3) is 0.318. The molecular formula is C22H24F2N4O2S. The van der Waals surface area contributed by atoms with Gasteiger partial charge in [-0.2, -0.15) is 0 Å². The van der Waals surface area contributed by atoms with Gasteiger partial charge >= 0.3 is 0 Å². The van der Waals surface area contributed by atoms with Crippen LogP contribution in [0.5, 0.6) is 5.75 Å². The van der Waals surface area contributed by atoms with E-state index in [0.29, 0.717) is 11.0 Å². The maximum absolute atomic E-state index is 13.7. The van der Waals surface area contributed by atoms with Gasteiger partial charge in [-0.25, -0.2) is 8.78 Å². The average molecular weight is 447 g/mol. The van der Waals surface area contributed by atoms with Crippen molar-refractivity contribution < 1.29 is 18.3 Å². The summed E-state index contributed by atoms with van der Waals surface area (Å²) in [5.41, 5.74) is 2.13. The summed E-state index contributed by atoms with van der Waals surface area (Å²) >= 11 is 1.18. The Bertz CT molecular complexity index is 1090. The van der Waals surface area contributed by atoms with Gasteiger partial charge in [-0.3, -0.25) is 4.79 Å². The van der Waals surface area contributed by atoms with Crippen LogP contribution in [0.3, 0.4) is 0 Å². The van der Waals surface area contributed by atoms with Crippen molar-refractivity contribution in [2.45, 2.75) is 45.5 Å². The van der Waals surface area contributed by atoms with E-state index < -0.39 is 17.5 Å². The molecule has 0 aliphatic heterocycles. The van der Waals surface area contributed by atoms with E-state index in [1.54, 1.807) is 0 Å². The molecule has 2 aromatic carbocycles. The van der Waals surface area contributed by atoms with Crippen molar-refractivity contribution in [2.24, 2.45) is 0 Å². The maximum atomic E-state index is 13.7. The molecule has 0 atom stereocenters. The van der Waals surface area contributed by atoms with Crippen molar-refractivity contribution >= 4 is 23.4 Å². The number of hydrogen-bond donors (Lipinski definition) is 1. The fourth-order valence-corrected chi connectivity index (χ4v) is 3.92. The second-order valence-corrected chi connectivity index (χ2v) is 8.32. The summed E-state index contributed by atoms with van der Waals surface area (Å²) < 4.78 is 34.6. The third kappa shape index (κ3) is 5.81. The molecule has 1 N–H and O–H groups in total. The molecule has 0 spiro atoms. The molecule has 0 bridgehead atoms. The van der Waals surface area contributed by atoms with Crippen molar-refractivity contribution in [3.05, 3.63) is 65.0 Å². The Morgan fingerprint density at radius 1 is 1.16 bits per heavy atom. The van der Waals surface area contributed by atoms with Gasteiger partial charge in [0, 0.05) is 12.1 Å². The lowest BCUT2D eigenvalue weighted by atomic mass is 10.1. The van der Waals surface area contributed by atoms with Crippen LogP contribution in [0.15, 0.2) is 41.6 Å². The van der Waals surface area contributed by atoms with Gasteiger partial charge in [-0.15, -0.1) is 10.2 Å². The van der Waals surface area contributed by atoms with Gasteiger partial charge < -0.3 is 14.6 Å². The van der Waals surface area contributed by atoms with Crippen LogP contribution in [-0.2, 0) is 11.4 Å². The number of amides is 1. The van der Waals surface area contributed by atoms with Crippen molar-refractivity contribution in [2.75, 3.05) is 11.1 Å². The Morgan fingerprint density at radius 2 is 1.94 bits per heavy atom. The Hall–Kier alpha value is -2.94. The molecule has 1 heterocycles. The summed E-state index contributed by atoms with van der Waals surface area (Å²) in [5.74, 6) is -0.539. The molecule has 0 radical (unpaired) electrons. The number of nitrogens with zero attached hydrogens (tertiary/aromatic N) is 3. The lowest BCUT2D eigenvalue weighted by Crippen LogP contribution is -2.16. The Balaban J connectivity index is 1.65. The number of carbonyl (C=O) groups excluding carboxylic acids is 1. The number of benzene rings is 2. The van der Waals surface area contributed by atoms with Gasteiger partial charge in [-0.1, -0.05) is 29.5 Å². The van der Waals surface area contributed by atoms with Gasteiger partial charge in [0.1, 0.15) is 24.0 Å². The number of nitrogens with one attached hydrogen (secondary N) is 1. The van der Waals surface area contributed by atoms with Crippen LogP contribution in [0.25, 0.3) is 0 Å². The number of aryl methyl sites for hydroxylation is 2. The zero-order valence-electron chi connectivity index (χ0n) is 17.8. The Labute approximate surface area is 184 Å². The monoisotopic (exact) mass is 446 g/mol. The molecule has 0 aliphatic carbocycles. The minimum Gasteiger partial charge on any atom is -0.485 e. The summed E-state index contributed by atoms with van der Waals surface area (Å²) in [4.78, 5) is 12.2. The molecule has 3 aromatic rings. The highest BCUT2D eigenvalue weighted by molar-refractivity contribution is 7.99. The third-order valence-electron chi connectivity index (χ3n) is 4.48. The van der Waals surface area contributed by atoms with Crippen LogP contribution in [0.4, 0.5) is 14.5 Å². The lowest BCUT2D eigenvalue weighted by molar-refractivity contribution is -0.113. The van der Waals surface area contributed by atoms with Crippen LogP contribution in [0.1, 0.15) is 36.8 Å². The first kappa shape index (κ1) is 22.7. The standard InChI is InChI=1S/C22H24F2N4O2S/c1-13(2)28-20(11-30-19-8-5-14(3)9-15(19)4)26-27-22(28)31-12-21(29)25-18-7-6-16(23)10-17(18)24/h5-10,13H,11-12H2,1-4H3,(H,25,29). The molecular weight excluding hydrogens is 422 g/mol. The molecule has 6 nitrogen and oxygen atoms in total. The van der Waals surface area contributed by atoms with E-state index in [1.807, 2.05) is 50.5 Å². The van der Waals surface area contributed by atoms with E-state index in [-0.39, 0.29) is 24.1 Å². The highest BCUT2D eigenvalue weighted by Crippen LogP contribution is 2.24. The third-order valence-corrected chi connectivity index (χ3v) is 5.42. The number of ether oxygens (including phenoxy) is 1. The van der Waals surface area contributed by atoms with E-state index in [0.717, 1.165) is 29.0 Å².